The van der Waals surface area contributed by atoms with Gasteiger partial charge in [-0.15, -0.1) is 26.6 Å². The van der Waals surface area contributed by atoms with Crippen molar-refractivity contribution in [3.05, 3.63) is 23.4 Å². The van der Waals surface area contributed by atoms with E-state index in [1.165, 1.54) is 11.8 Å². The van der Waals surface area contributed by atoms with Crippen molar-refractivity contribution >= 4 is 23.1 Å². The van der Waals surface area contributed by atoms with Crippen molar-refractivity contribution < 1.29 is 4.42 Å². The average Bonchev–Trinajstić information content (AvgIpc) is 3.09. The maximum Gasteiger partial charge on any atom is 0.257 e. The molecule has 0 aliphatic rings. The third kappa shape index (κ3) is 2.51. The van der Waals surface area contributed by atoms with E-state index in [1.807, 2.05) is 24.4 Å². The predicted molar refractivity (Wildman–Crippen MR) is 70.7 cm³/mol. The Balaban J connectivity index is 1.77. The largest absolute Gasteiger partial charge is 0.419 e. The topological polar surface area (TPSA) is 82.5 Å². The third-order valence-electron chi connectivity index (χ3n) is 2.38. The number of aromatic nitrogens is 6. The van der Waals surface area contributed by atoms with Crippen LogP contribution < -0.4 is 0 Å². The fraction of sp³-hybridized carbons (Fsp3) is 0.300. The molecule has 1 unspecified atom stereocenters. The zero-order valence-electron chi connectivity index (χ0n) is 10.2. The highest BCUT2D eigenvalue weighted by Crippen LogP contribution is 2.33. The number of nitrogens with zero attached hydrogens (tertiary/aromatic N) is 6. The fourth-order valence-corrected chi connectivity index (χ4v) is 2.86. The molecule has 19 heavy (non-hydrogen) atoms. The van der Waals surface area contributed by atoms with Crippen LogP contribution in [0.4, 0.5) is 0 Å². The van der Waals surface area contributed by atoms with Crippen LogP contribution in [0, 0.1) is 0 Å². The standard InChI is InChI=1S/C10H10N6OS2/c1-6(19-10-13-14-15-16(10)2)8-11-12-9(17-8)7-4-3-5-18-7/h3-6H,1-2H3. The molecule has 0 saturated heterocycles. The smallest absolute Gasteiger partial charge is 0.257 e. The van der Waals surface area contributed by atoms with Crippen LogP contribution in [0.1, 0.15) is 18.1 Å². The van der Waals surface area contributed by atoms with Crippen molar-refractivity contribution in [3.8, 4) is 10.8 Å². The van der Waals surface area contributed by atoms with Crippen molar-refractivity contribution in [2.24, 2.45) is 7.05 Å². The molecule has 0 N–H and O–H groups in total. The Morgan fingerprint density at radius 1 is 1.37 bits per heavy atom. The first-order valence-electron chi connectivity index (χ1n) is 5.50. The van der Waals surface area contributed by atoms with Crippen LogP contribution in [-0.4, -0.2) is 30.4 Å². The van der Waals surface area contributed by atoms with Crippen molar-refractivity contribution in [2.75, 3.05) is 0 Å². The molecule has 3 heterocycles. The van der Waals surface area contributed by atoms with Gasteiger partial charge in [0.05, 0.1) is 10.1 Å². The third-order valence-corrected chi connectivity index (χ3v) is 4.35. The molecule has 7 nitrogen and oxygen atoms in total. The fourth-order valence-electron chi connectivity index (χ4n) is 1.43. The number of rotatable bonds is 4. The predicted octanol–water partition coefficient (Wildman–Crippen LogP) is 2.17. The second-order valence-electron chi connectivity index (χ2n) is 3.77. The van der Waals surface area contributed by atoms with Crippen molar-refractivity contribution in [1.82, 2.24) is 30.4 Å². The van der Waals surface area contributed by atoms with Crippen LogP contribution in [0.25, 0.3) is 10.8 Å². The highest BCUT2D eigenvalue weighted by molar-refractivity contribution is 7.99. The molecule has 0 spiro atoms. The van der Waals surface area contributed by atoms with E-state index in [0.717, 1.165) is 4.88 Å². The number of hydrogen-bond donors (Lipinski definition) is 0. The molecule has 3 rings (SSSR count). The Morgan fingerprint density at radius 2 is 2.26 bits per heavy atom. The van der Waals surface area contributed by atoms with E-state index in [1.54, 1.807) is 23.1 Å². The van der Waals surface area contributed by atoms with Crippen LogP contribution >= 0.6 is 23.1 Å². The summed E-state index contributed by atoms with van der Waals surface area (Å²) in [4.78, 5) is 0.969. The van der Waals surface area contributed by atoms with Crippen LogP contribution in [0.5, 0.6) is 0 Å². The van der Waals surface area contributed by atoms with E-state index in [-0.39, 0.29) is 5.25 Å². The van der Waals surface area contributed by atoms with E-state index < -0.39 is 0 Å². The van der Waals surface area contributed by atoms with E-state index in [9.17, 15) is 0 Å². The first kappa shape index (κ1) is 12.3. The number of aryl methyl sites for hydroxylation is 1. The maximum absolute atomic E-state index is 5.67. The summed E-state index contributed by atoms with van der Waals surface area (Å²) >= 11 is 3.04. The van der Waals surface area contributed by atoms with Gasteiger partial charge in [0.2, 0.25) is 11.0 Å². The van der Waals surface area contributed by atoms with Crippen LogP contribution in [0.2, 0.25) is 0 Å². The Morgan fingerprint density at radius 3 is 2.95 bits per heavy atom. The maximum atomic E-state index is 5.67. The molecule has 0 saturated carbocycles. The lowest BCUT2D eigenvalue weighted by atomic mass is 10.5. The molecular weight excluding hydrogens is 284 g/mol. The first-order valence-corrected chi connectivity index (χ1v) is 7.26. The molecule has 98 valence electrons. The normalized spacial score (nSPS) is 12.7. The van der Waals surface area contributed by atoms with Gasteiger partial charge in [-0.2, -0.15) is 0 Å². The van der Waals surface area contributed by atoms with Gasteiger partial charge >= 0.3 is 0 Å². The molecular formula is C10H10N6OS2. The van der Waals surface area contributed by atoms with Gasteiger partial charge in [-0.1, -0.05) is 17.8 Å². The minimum Gasteiger partial charge on any atom is -0.419 e. The van der Waals surface area contributed by atoms with Crippen molar-refractivity contribution in [3.63, 3.8) is 0 Å². The zero-order valence-corrected chi connectivity index (χ0v) is 11.9. The molecule has 0 fully saturated rings. The number of hydrogen-bond acceptors (Lipinski definition) is 8. The quantitative estimate of drug-likeness (QED) is 0.682. The second kappa shape index (κ2) is 5.10. The highest BCUT2D eigenvalue weighted by atomic mass is 32.2. The Labute approximate surface area is 117 Å². The monoisotopic (exact) mass is 294 g/mol. The van der Waals surface area contributed by atoms with E-state index in [4.69, 9.17) is 4.42 Å². The molecule has 0 radical (unpaired) electrons. The van der Waals surface area contributed by atoms with Gasteiger partial charge in [0.1, 0.15) is 0 Å². The summed E-state index contributed by atoms with van der Waals surface area (Å²) in [5.41, 5.74) is 0. The molecule has 0 aromatic carbocycles. The Kier molecular flexibility index (Phi) is 3.30. The lowest BCUT2D eigenvalue weighted by Crippen LogP contribution is -1.96. The molecule has 1 atom stereocenters. The van der Waals surface area contributed by atoms with Crippen LogP contribution in [-0.2, 0) is 7.05 Å². The van der Waals surface area contributed by atoms with E-state index in [2.05, 4.69) is 25.7 Å². The second-order valence-corrected chi connectivity index (χ2v) is 6.02. The van der Waals surface area contributed by atoms with Gasteiger partial charge in [-0.05, 0) is 28.8 Å². The van der Waals surface area contributed by atoms with E-state index >= 15 is 0 Å². The lowest BCUT2D eigenvalue weighted by molar-refractivity contribution is 0.509. The van der Waals surface area contributed by atoms with Gasteiger partial charge in [0, 0.05) is 7.05 Å². The summed E-state index contributed by atoms with van der Waals surface area (Å²) in [7, 11) is 1.79. The van der Waals surface area contributed by atoms with Crippen LogP contribution in [0.3, 0.4) is 0 Å². The van der Waals surface area contributed by atoms with Gasteiger partial charge in [-0.3, -0.25) is 0 Å². The summed E-state index contributed by atoms with van der Waals surface area (Å²) in [5, 5.41) is 22.1. The Hall–Kier alpha value is -1.74. The van der Waals surface area contributed by atoms with Crippen LogP contribution in [0.15, 0.2) is 27.1 Å². The molecule has 0 aliphatic heterocycles. The zero-order chi connectivity index (χ0) is 13.2. The van der Waals surface area contributed by atoms with Gasteiger partial charge in [0.25, 0.3) is 5.89 Å². The molecule has 0 bridgehead atoms. The summed E-state index contributed by atoms with van der Waals surface area (Å²) < 4.78 is 7.28. The van der Waals surface area contributed by atoms with Crippen molar-refractivity contribution in [2.45, 2.75) is 17.3 Å². The van der Waals surface area contributed by atoms with Gasteiger partial charge in [-0.25, -0.2) is 4.68 Å². The SMILES string of the molecule is CC(Sc1nnnn1C)c1nnc(-c2cccs2)o1. The van der Waals surface area contributed by atoms with Gasteiger partial charge < -0.3 is 4.42 Å². The molecule has 3 aromatic rings. The summed E-state index contributed by atoms with van der Waals surface area (Å²) in [6.45, 7) is 1.98. The molecule has 0 amide bonds. The minimum absolute atomic E-state index is 0.00841. The van der Waals surface area contributed by atoms with E-state index in [0.29, 0.717) is 16.9 Å². The average molecular weight is 294 g/mol. The lowest BCUT2D eigenvalue weighted by Gasteiger charge is -2.03. The summed E-state index contributed by atoms with van der Waals surface area (Å²) in [6, 6.07) is 3.90. The number of thiophene rings is 1. The molecule has 9 heteroatoms. The molecule has 0 aliphatic carbocycles. The van der Waals surface area contributed by atoms with Crippen molar-refractivity contribution in [1.29, 1.82) is 0 Å². The minimum atomic E-state index is -0.00841. The first-order chi connectivity index (χ1) is 9.24. The van der Waals surface area contributed by atoms with Gasteiger partial charge in [0.15, 0.2) is 0 Å². The molecule has 3 aromatic heterocycles. The highest BCUT2D eigenvalue weighted by Gasteiger charge is 2.19. The number of thioether (sulfide) groups is 1. The Bertz CT molecular complexity index is 661. The number of tetrazole rings is 1. The summed E-state index contributed by atoms with van der Waals surface area (Å²) in [6.07, 6.45) is 0. The summed E-state index contributed by atoms with van der Waals surface area (Å²) in [5.74, 6) is 1.12.